The molecule has 2 bridgehead atoms. The van der Waals surface area contributed by atoms with Crippen molar-refractivity contribution in [2.24, 2.45) is 11.3 Å². The number of hydrogen-bond acceptors (Lipinski definition) is 4. The van der Waals surface area contributed by atoms with E-state index in [1.807, 2.05) is 13.0 Å². The van der Waals surface area contributed by atoms with Gasteiger partial charge >= 0.3 is 0 Å². The molecule has 4 atom stereocenters. The average Bonchev–Trinajstić information content (AvgIpc) is 2.59. The van der Waals surface area contributed by atoms with Crippen molar-refractivity contribution in [1.29, 1.82) is 0 Å². The molecule has 0 aromatic carbocycles. The maximum Gasteiger partial charge on any atom is 0.146 e. The quantitative estimate of drug-likeness (QED) is 0.594. The van der Waals surface area contributed by atoms with E-state index in [1.165, 1.54) is 0 Å². The highest BCUT2D eigenvalue weighted by atomic mass is 16.7. The Kier molecular flexibility index (Phi) is 3.39. The van der Waals surface area contributed by atoms with Crippen LogP contribution in [0, 0.1) is 11.3 Å². The number of aliphatic hydroxyl groups excluding tert-OH is 1. The standard InChI is InChI=1S/C13H20O4/c1-8-6-11(15)10-4-5-13(8,9(2)14)12(10)17-7-16-3/h6,10-12,15H,4-5,7H2,1-3H3/t10-,11+,12+,13+/m0/s1. The van der Waals surface area contributed by atoms with E-state index in [4.69, 9.17) is 9.47 Å². The van der Waals surface area contributed by atoms with Gasteiger partial charge in [-0.15, -0.1) is 0 Å². The molecule has 0 aromatic heterocycles. The van der Waals surface area contributed by atoms with Gasteiger partial charge in [-0.25, -0.2) is 0 Å². The van der Waals surface area contributed by atoms with Crippen molar-refractivity contribution in [1.82, 2.24) is 0 Å². The van der Waals surface area contributed by atoms with Crippen LogP contribution in [0.2, 0.25) is 0 Å². The zero-order valence-electron chi connectivity index (χ0n) is 10.6. The summed E-state index contributed by atoms with van der Waals surface area (Å²) < 4.78 is 10.6. The van der Waals surface area contributed by atoms with Crippen LogP contribution in [-0.4, -0.2) is 37.0 Å². The molecule has 4 heteroatoms. The first kappa shape index (κ1) is 12.7. The fourth-order valence-electron chi connectivity index (χ4n) is 3.41. The molecule has 0 amide bonds. The second-order valence-electron chi connectivity index (χ2n) is 5.06. The van der Waals surface area contributed by atoms with E-state index in [-0.39, 0.29) is 24.6 Å². The first-order chi connectivity index (χ1) is 8.04. The third-order valence-corrected chi connectivity index (χ3v) is 4.30. The molecule has 2 rings (SSSR count). The maximum absolute atomic E-state index is 12.0. The van der Waals surface area contributed by atoms with Gasteiger partial charge in [0.05, 0.1) is 17.6 Å². The van der Waals surface area contributed by atoms with E-state index in [0.717, 1.165) is 18.4 Å². The van der Waals surface area contributed by atoms with Gasteiger partial charge in [-0.3, -0.25) is 4.79 Å². The minimum Gasteiger partial charge on any atom is -0.389 e. The van der Waals surface area contributed by atoms with Crippen LogP contribution in [0.1, 0.15) is 26.7 Å². The second kappa shape index (κ2) is 4.52. The number of aliphatic hydroxyl groups is 1. The molecular weight excluding hydrogens is 220 g/mol. The Morgan fingerprint density at radius 3 is 2.94 bits per heavy atom. The summed E-state index contributed by atoms with van der Waals surface area (Å²) in [5.41, 5.74) is 0.398. The van der Waals surface area contributed by atoms with Gasteiger partial charge in [-0.2, -0.15) is 0 Å². The SMILES string of the molecule is COCO[C@@H]1[C@H]2CC[C@]1(C(C)=O)C(C)=C[C@H]2O. The number of fused-ring (bicyclic) bond motifs is 2. The molecule has 1 N–H and O–H groups in total. The van der Waals surface area contributed by atoms with Crippen LogP contribution >= 0.6 is 0 Å². The monoisotopic (exact) mass is 240 g/mol. The molecule has 0 aromatic rings. The van der Waals surface area contributed by atoms with Crippen LogP contribution in [-0.2, 0) is 14.3 Å². The molecule has 2 aliphatic carbocycles. The molecule has 0 unspecified atom stereocenters. The molecule has 0 heterocycles. The Bertz CT molecular complexity index is 349. The first-order valence-electron chi connectivity index (χ1n) is 6.02. The lowest BCUT2D eigenvalue weighted by Crippen LogP contribution is -2.48. The highest BCUT2D eigenvalue weighted by molar-refractivity contribution is 5.87. The highest BCUT2D eigenvalue weighted by Gasteiger charge is 2.57. The van der Waals surface area contributed by atoms with Crippen LogP contribution < -0.4 is 0 Å². The van der Waals surface area contributed by atoms with Crippen molar-refractivity contribution >= 4 is 5.78 Å². The Labute approximate surface area is 102 Å². The van der Waals surface area contributed by atoms with Crippen molar-refractivity contribution in [3.63, 3.8) is 0 Å². The molecule has 0 aliphatic heterocycles. The molecule has 17 heavy (non-hydrogen) atoms. The summed E-state index contributed by atoms with van der Waals surface area (Å²) in [6.07, 6.45) is 2.64. The first-order valence-corrected chi connectivity index (χ1v) is 6.02. The van der Waals surface area contributed by atoms with Gasteiger partial charge in [-0.1, -0.05) is 11.6 Å². The van der Waals surface area contributed by atoms with Crippen LogP contribution in [0.5, 0.6) is 0 Å². The fourth-order valence-corrected chi connectivity index (χ4v) is 3.41. The fraction of sp³-hybridized carbons (Fsp3) is 0.769. The van der Waals surface area contributed by atoms with E-state index in [0.29, 0.717) is 0 Å². The van der Waals surface area contributed by atoms with Gasteiger partial charge in [0.2, 0.25) is 0 Å². The number of carbonyl (C=O) groups excluding carboxylic acids is 1. The van der Waals surface area contributed by atoms with Crippen molar-refractivity contribution in [2.75, 3.05) is 13.9 Å². The normalized spacial score (nSPS) is 40.2. The van der Waals surface area contributed by atoms with Crippen molar-refractivity contribution in [3.8, 4) is 0 Å². The third kappa shape index (κ3) is 1.75. The summed E-state index contributed by atoms with van der Waals surface area (Å²) >= 11 is 0. The topological polar surface area (TPSA) is 55.8 Å². The van der Waals surface area contributed by atoms with E-state index < -0.39 is 11.5 Å². The molecule has 1 fully saturated rings. The number of carbonyl (C=O) groups is 1. The van der Waals surface area contributed by atoms with E-state index >= 15 is 0 Å². The van der Waals surface area contributed by atoms with E-state index in [9.17, 15) is 9.90 Å². The molecule has 1 saturated carbocycles. The minimum atomic E-state index is -0.539. The summed E-state index contributed by atoms with van der Waals surface area (Å²) in [6.45, 7) is 3.69. The predicted molar refractivity (Wildman–Crippen MR) is 62.4 cm³/mol. The van der Waals surface area contributed by atoms with Crippen LogP contribution in [0.25, 0.3) is 0 Å². The van der Waals surface area contributed by atoms with Gasteiger partial charge < -0.3 is 14.6 Å². The summed E-state index contributed by atoms with van der Waals surface area (Å²) in [5.74, 6) is 0.138. The smallest absolute Gasteiger partial charge is 0.146 e. The number of methoxy groups -OCH3 is 1. The Morgan fingerprint density at radius 1 is 1.65 bits per heavy atom. The number of ketones is 1. The summed E-state index contributed by atoms with van der Waals surface area (Å²) in [5, 5.41) is 10.0. The summed E-state index contributed by atoms with van der Waals surface area (Å²) in [4.78, 5) is 12.0. The second-order valence-corrected chi connectivity index (χ2v) is 5.06. The van der Waals surface area contributed by atoms with Gasteiger partial charge in [0.25, 0.3) is 0 Å². The highest BCUT2D eigenvalue weighted by Crippen LogP contribution is 2.53. The van der Waals surface area contributed by atoms with Crippen molar-refractivity contribution in [2.45, 2.75) is 38.9 Å². The van der Waals surface area contributed by atoms with E-state index in [2.05, 4.69) is 0 Å². The van der Waals surface area contributed by atoms with Crippen molar-refractivity contribution < 1.29 is 19.4 Å². The number of Topliss-reactive ketones (excluding diaryl/α,β-unsaturated/α-hetero) is 1. The zero-order chi connectivity index (χ0) is 12.6. The van der Waals surface area contributed by atoms with Crippen LogP contribution in [0.4, 0.5) is 0 Å². The van der Waals surface area contributed by atoms with Crippen molar-refractivity contribution in [3.05, 3.63) is 11.6 Å². The molecule has 0 radical (unpaired) electrons. The molecule has 0 saturated heterocycles. The lowest BCUT2D eigenvalue weighted by atomic mass is 9.69. The molecule has 4 nitrogen and oxygen atoms in total. The predicted octanol–water partition coefficient (Wildman–Crippen LogP) is 1.28. The molecular formula is C13H20O4. The summed E-state index contributed by atoms with van der Waals surface area (Å²) in [7, 11) is 1.56. The lowest BCUT2D eigenvalue weighted by molar-refractivity contribution is -0.150. The van der Waals surface area contributed by atoms with Gasteiger partial charge in [-0.05, 0) is 26.7 Å². The van der Waals surface area contributed by atoms with Gasteiger partial charge in [0.15, 0.2) is 0 Å². The maximum atomic E-state index is 12.0. The molecule has 0 spiro atoms. The largest absolute Gasteiger partial charge is 0.389 e. The molecule has 2 aliphatic rings. The van der Waals surface area contributed by atoms with E-state index in [1.54, 1.807) is 14.0 Å². The Morgan fingerprint density at radius 2 is 2.35 bits per heavy atom. The van der Waals surface area contributed by atoms with Gasteiger partial charge in [0, 0.05) is 13.0 Å². The number of hydrogen-bond donors (Lipinski definition) is 1. The Balaban J connectivity index is 2.36. The van der Waals surface area contributed by atoms with Crippen LogP contribution in [0.15, 0.2) is 11.6 Å². The zero-order valence-corrected chi connectivity index (χ0v) is 10.6. The third-order valence-electron chi connectivity index (χ3n) is 4.30. The Hall–Kier alpha value is -0.710. The molecule has 96 valence electrons. The summed E-state index contributed by atoms with van der Waals surface area (Å²) in [6, 6.07) is 0. The minimum absolute atomic E-state index is 0.0118. The van der Waals surface area contributed by atoms with Crippen LogP contribution in [0.3, 0.4) is 0 Å². The van der Waals surface area contributed by atoms with Gasteiger partial charge in [0.1, 0.15) is 12.6 Å². The lowest BCUT2D eigenvalue weighted by Gasteiger charge is -2.40. The number of rotatable bonds is 4. The average molecular weight is 240 g/mol. The number of ether oxygens (including phenoxy) is 2.